The molecule has 0 spiro atoms. The zero-order valence-corrected chi connectivity index (χ0v) is 6.21. The molecule has 0 bridgehead atoms. The van der Waals surface area contributed by atoms with Crippen molar-refractivity contribution in [2.45, 2.75) is 0 Å². The summed E-state index contributed by atoms with van der Waals surface area (Å²) in [5, 5.41) is 0. The van der Waals surface area contributed by atoms with Gasteiger partial charge in [-0.1, -0.05) is 0 Å². The lowest BCUT2D eigenvalue weighted by Crippen LogP contribution is -2.08. The molecule has 0 radical (unpaired) electrons. The van der Waals surface area contributed by atoms with E-state index in [1.54, 1.807) is 0 Å². The molecule has 0 aromatic carbocycles. The van der Waals surface area contributed by atoms with E-state index in [1.165, 1.54) is 0 Å². The Morgan fingerprint density at radius 2 is 2.12 bits per heavy atom. The average molecular weight is 156 g/mol. The third kappa shape index (κ3) is 3.29. The summed E-state index contributed by atoms with van der Waals surface area (Å²) in [5.41, 5.74) is 0. The van der Waals surface area contributed by atoms with Crippen LogP contribution in [0.3, 0.4) is 0 Å². The molecule has 50 valence electrons. The van der Waals surface area contributed by atoms with Crippen molar-refractivity contribution in [1.82, 2.24) is 0 Å². The molecular weight excluding hydrogens is 148 g/mol. The Labute approximate surface area is 54.6 Å². The van der Waals surface area contributed by atoms with Crippen LogP contribution < -0.4 is 0 Å². The zero-order valence-electron chi connectivity index (χ0n) is 4.49. The fourth-order valence-corrected chi connectivity index (χ4v) is 1.26. The SMILES string of the molecule is COS(=O)(=O)CCS. The van der Waals surface area contributed by atoms with Gasteiger partial charge in [0.1, 0.15) is 0 Å². The van der Waals surface area contributed by atoms with E-state index in [0.717, 1.165) is 7.11 Å². The van der Waals surface area contributed by atoms with E-state index < -0.39 is 10.1 Å². The molecule has 0 atom stereocenters. The van der Waals surface area contributed by atoms with Crippen LogP contribution in [0.1, 0.15) is 0 Å². The smallest absolute Gasteiger partial charge is 0.267 e. The van der Waals surface area contributed by atoms with Crippen LogP contribution in [0.4, 0.5) is 0 Å². The van der Waals surface area contributed by atoms with E-state index >= 15 is 0 Å². The second kappa shape index (κ2) is 3.32. The highest BCUT2D eigenvalue weighted by Gasteiger charge is 2.04. The summed E-state index contributed by atoms with van der Waals surface area (Å²) in [6, 6.07) is 0. The first kappa shape index (κ1) is 8.26. The summed E-state index contributed by atoms with van der Waals surface area (Å²) >= 11 is 3.71. The molecule has 0 unspecified atom stereocenters. The Balaban J connectivity index is 3.76. The fourth-order valence-electron chi connectivity index (χ4n) is 0.195. The lowest BCUT2D eigenvalue weighted by Gasteiger charge is -1.94. The number of rotatable bonds is 3. The maximum Gasteiger partial charge on any atom is 0.267 e. The largest absolute Gasteiger partial charge is 0.273 e. The normalized spacial score (nSPS) is 11.8. The van der Waals surface area contributed by atoms with Crippen molar-refractivity contribution < 1.29 is 12.6 Å². The van der Waals surface area contributed by atoms with Gasteiger partial charge in [-0.25, -0.2) is 0 Å². The molecule has 0 aliphatic carbocycles. The van der Waals surface area contributed by atoms with E-state index in [0.29, 0.717) is 5.75 Å². The van der Waals surface area contributed by atoms with Crippen LogP contribution in [0.25, 0.3) is 0 Å². The summed E-state index contributed by atoms with van der Waals surface area (Å²) in [4.78, 5) is 0. The third-order valence-corrected chi connectivity index (χ3v) is 2.33. The van der Waals surface area contributed by atoms with Crippen molar-refractivity contribution in [3.8, 4) is 0 Å². The Morgan fingerprint density at radius 1 is 1.62 bits per heavy atom. The van der Waals surface area contributed by atoms with Gasteiger partial charge in [0, 0.05) is 5.75 Å². The van der Waals surface area contributed by atoms with Gasteiger partial charge < -0.3 is 0 Å². The maximum atomic E-state index is 10.3. The first-order chi connectivity index (χ1) is 3.62. The van der Waals surface area contributed by atoms with Crippen LogP contribution in [-0.2, 0) is 14.3 Å². The third-order valence-electron chi connectivity index (χ3n) is 0.595. The van der Waals surface area contributed by atoms with Crippen LogP contribution in [0.15, 0.2) is 0 Å². The van der Waals surface area contributed by atoms with E-state index in [-0.39, 0.29) is 5.75 Å². The predicted octanol–water partition coefficient (Wildman–Crippen LogP) is -0.108. The van der Waals surface area contributed by atoms with Crippen molar-refractivity contribution in [3.05, 3.63) is 0 Å². The van der Waals surface area contributed by atoms with Crippen LogP contribution in [0.2, 0.25) is 0 Å². The Morgan fingerprint density at radius 3 is 2.25 bits per heavy atom. The molecule has 0 aliphatic heterocycles. The first-order valence-corrected chi connectivity index (χ1v) is 4.22. The average Bonchev–Trinajstić information content (AvgIpc) is 1.67. The highest BCUT2D eigenvalue weighted by Crippen LogP contribution is 1.89. The molecule has 0 saturated heterocycles. The second-order valence-electron chi connectivity index (χ2n) is 1.15. The molecule has 8 heavy (non-hydrogen) atoms. The second-order valence-corrected chi connectivity index (χ2v) is 3.46. The molecule has 0 saturated carbocycles. The molecule has 0 heterocycles. The number of thiol groups is 1. The first-order valence-electron chi connectivity index (χ1n) is 2.01. The van der Waals surface area contributed by atoms with Crippen molar-refractivity contribution in [3.63, 3.8) is 0 Å². The Kier molecular flexibility index (Phi) is 3.43. The topological polar surface area (TPSA) is 43.4 Å². The van der Waals surface area contributed by atoms with E-state index in [4.69, 9.17) is 0 Å². The van der Waals surface area contributed by atoms with Gasteiger partial charge in [-0.3, -0.25) is 4.18 Å². The van der Waals surface area contributed by atoms with Gasteiger partial charge in [0.2, 0.25) is 0 Å². The quantitative estimate of drug-likeness (QED) is 0.458. The van der Waals surface area contributed by atoms with Crippen LogP contribution in [-0.4, -0.2) is 27.0 Å². The van der Waals surface area contributed by atoms with Crippen molar-refractivity contribution in [2.75, 3.05) is 18.6 Å². The highest BCUT2D eigenvalue weighted by atomic mass is 32.2. The maximum absolute atomic E-state index is 10.3. The van der Waals surface area contributed by atoms with Crippen LogP contribution >= 0.6 is 12.6 Å². The van der Waals surface area contributed by atoms with Crippen molar-refractivity contribution in [2.24, 2.45) is 0 Å². The lowest BCUT2D eigenvalue weighted by molar-refractivity contribution is 0.399. The molecule has 0 fully saturated rings. The van der Waals surface area contributed by atoms with Gasteiger partial charge in [0.15, 0.2) is 0 Å². The minimum Gasteiger partial charge on any atom is -0.273 e. The van der Waals surface area contributed by atoms with Gasteiger partial charge in [0.25, 0.3) is 10.1 Å². The molecule has 5 heteroatoms. The minimum absolute atomic E-state index is 0.0212. The molecule has 0 amide bonds. The van der Waals surface area contributed by atoms with Crippen molar-refractivity contribution in [1.29, 1.82) is 0 Å². The lowest BCUT2D eigenvalue weighted by atomic mass is 11.0. The number of hydrogen-bond donors (Lipinski definition) is 1. The molecule has 0 aliphatic rings. The Hall–Kier alpha value is 0.260. The van der Waals surface area contributed by atoms with Gasteiger partial charge in [-0.15, -0.1) is 0 Å². The van der Waals surface area contributed by atoms with Gasteiger partial charge in [-0.05, 0) is 0 Å². The van der Waals surface area contributed by atoms with Gasteiger partial charge >= 0.3 is 0 Å². The van der Waals surface area contributed by atoms with Crippen LogP contribution in [0, 0.1) is 0 Å². The zero-order chi connectivity index (χ0) is 6.62. The standard InChI is InChI=1S/C3H8O3S2/c1-6-8(4,5)3-2-7/h7H,2-3H2,1H3. The molecule has 0 rings (SSSR count). The Bertz CT molecular complexity index is 137. The number of hydrogen-bond acceptors (Lipinski definition) is 4. The summed E-state index contributed by atoms with van der Waals surface area (Å²) in [6.07, 6.45) is 0. The molecule has 0 aromatic heterocycles. The fraction of sp³-hybridized carbons (Fsp3) is 1.00. The van der Waals surface area contributed by atoms with E-state index in [9.17, 15) is 8.42 Å². The molecule has 3 nitrogen and oxygen atoms in total. The highest BCUT2D eigenvalue weighted by molar-refractivity contribution is 7.88. The molecular formula is C3H8O3S2. The predicted molar refractivity (Wildman–Crippen MR) is 34.6 cm³/mol. The van der Waals surface area contributed by atoms with E-state index in [2.05, 4.69) is 16.8 Å². The van der Waals surface area contributed by atoms with Crippen LogP contribution in [0.5, 0.6) is 0 Å². The summed E-state index contributed by atoms with van der Waals surface area (Å²) < 4.78 is 24.8. The van der Waals surface area contributed by atoms with Crippen molar-refractivity contribution >= 4 is 22.7 Å². The van der Waals surface area contributed by atoms with E-state index in [1.807, 2.05) is 0 Å². The minimum atomic E-state index is -3.25. The summed E-state index contributed by atoms with van der Waals surface area (Å²) in [7, 11) is -2.11. The summed E-state index contributed by atoms with van der Waals surface area (Å²) in [6.45, 7) is 0. The summed E-state index contributed by atoms with van der Waals surface area (Å²) in [5.74, 6) is 0.281. The van der Waals surface area contributed by atoms with Gasteiger partial charge in [0.05, 0.1) is 12.9 Å². The monoisotopic (exact) mass is 156 g/mol. The molecule has 0 aromatic rings. The molecule has 0 N–H and O–H groups in total. The van der Waals surface area contributed by atoms with Gasteiger partial charge in [-0.2, -0.15) is 21.0 Å².